The van der Waals surface area contributed by atoms with Gasteiger partial charge in [-0.2, -0.15) is 10.2 Å². The number of fused-ring (bicyclic) bond motifs is 1. The van der Waals surface area contributed by atoms with E-state index in [2.05, 4.69) is 15.5 Å². The molecule has 0 fully saturated rings. The maximum atomic E-state index is 13.4. The van der Waals surface area contributed by atoms with Gasteiger partial charge in [-0.1, -0.05) is 0 Å². The van der Waals surface area contributed by atoms with E-state index in [0.29, 0.717) is 16.9 Å². The number of carbonyl (C=O) groups excluding carboxylic acids is 1. The highest BCUT2D eigenvalue weighted by Gasteiger charge is 2.21. The molecule has 1 amide bonds. The van der Waals surface area contributed by atoms with Crippen LogP contribution in [0.15, 0.2) is 42.6 Å². The molecular weight excluding hydrogens is 392 g/mol. The minimum Gasteiger partial charge on any atom is -0.497 e. The third-order valence-corrected chi connectivity index (χ3v) is 5.44. The van der Waals surface area contributed by atoms with Crippen LogP contribution in [0, 0.1) is 6.92 Å². The maximum absolute atomic E-state index is 13.4. The van der Waals surface area contributed by atoms with Crippen LogP contribution in [-0.2, 0) is 13.6 Å². The van der Waals surface area contributed by atoms with E-state index in [9.17, 15) is 4.79 Å². The molecule has 0 aliphatic rings. The van der Waals surface area contributed by atoms with Crippen molar-refractivity contribution in [2.45, 2.75) is 33.4 Å². The Morgan fingerprint density at radius 3 is 2.65 bits per heavy atom. The van der Waals surface area contributed by atoms with E-state index < -0.39 is 0 Å². The topological polar surface area (TPSA) is 86.9 Å². The standard InChI is InChI=1S/C23H26N6O2/c1-6-29-20(11-12-24-29)14(2)25-23(30)18-13-19(16-7-9-17(31-5)10-8-16)26-22-21(18)15(3)27-28(22)4/h7-14H,6H2,1-5H3,(H,25,30)/t14-/m0/s1. The molecule has 1 atom stereocenters. The van der Waals surface area contributed by atoms with Gasteiger partial charge in [0.25, 0.3) is 5.91 Å². The van der Waals surface area contributed by atoms with Crippen molar-refractivity contribution in [3.63, 3.8) is 0 Å². The third-order valence-electron chi connectivity index (χ3n) is 5.44. The van der Waals surface area contributed by atoms with Crippen LogP contribution < -0.4 is 10.1 Å². The highest BCUT2D eigenvalue weighted by atomic mass is 16.5. The molecule has 8 heteroatoms. The predicted molar refractivity (Wildman–Crippen MR) is 119 cm³/mol. The molecule has 0 unspecified atom stereocenters. The zero-order valence-corrected chi connectivity index (χ0v) is 18.4. The first kappa shape index (κ1) is 20.6. The van der Waals surface area contributed by atoms with Gasteiger partial charge in [0.1, 0.15) is 5.75 Å². The van der Waals surface area contributed by atoms with E-state index in [1.165, 1.54) is 0 Å². The number of aryl methyl sites for hydroxylation is 3. The summed E-state index contributed by atoms with van der Waals surface area (Å²) in [6.07, 6.45) is 1.75. The summed E-state index contributed by atoms with van der Waals surface area (Å²) in [5, 5.41) is 12.7. The average molecular weight is 419 g/mol. The van der Waals surface area contributed by atoms with Crippen molar-refractivity contribution in [3.8, 4) is 17.0 Å². The fraction of sp³-hybridized carbons (Fsp3) is 0.304. The smallest absolute Gasteiger partial charge is 0.252 e. The van der Waals surface area contributed by atoms with Crippen molar-refractivity contribution in [1.29, 1.82) is 0 Å². The van der Waals surface area contributed by atoms with E-state index >= 15 is 0 Å². The van der Waals surface area contributed by atoms with Crippen molar-refractivity contribution in [1.82, 2.24) is 29.9 Å². The Morgan fingerprint density at radius 2 is 1.97 bits per heavy atom. The Morgan fingerprint density at radius 1 is 1.23 bits per heavy atom. The summed E-state index contributed by atoms with van der Waals surface area (Å²) in [4.78, 5) is 18.2. The van der Waals surface area contributed by atoms with Crippen molar-refractivity contribution in [2.75, 3.05) is 7.11 Å². The molecule has 1 aromatic carbocycles. The number of nitrogens with zero attached hydrogens (tertiary/aromatic N) is 5. The van der Waals surface area contributed by atoms with Gasteiger partial charge in [-0.05, 0) is 57.2 Å². The summed E-state index contributed by atoms with van der Waals surface area (Å²) in [5.41, 5.74) is 4.54. The molecule has 0 spiro atoms. The fourth-order valence-electron chi connectivity index (χ4n) is 3.86. The van der Waals surface area contributed by atoms with Crippen molar-refractivity contribution < 1.29 is 9.53 Å². The number of amides is 1. The first-order valence-corrected chi connectivity index (χ1v) is 10.2. The Labute approximate surface area is 180 Å². The van der Waals surface area contributed by atoms with Gasteiger partial charge in [0.15, 0.2) is 5.65 Å². The molecule has 8 nitrogen and oxygen atoms in total. The molecule has 4 rings (SSSR count). The van der Waals surface area contributed by atoms with Crippen molar-refractivity contribution >= 4 is 16.9 Å². The second-order valence-electron chi connectivity index (χ2n) is 7.46. The quantitative estimate of drug-likeness (QED) is 0.516. The molecule has 0 bridgehead atoms. The summed E-state index contributed by atoms with van der Waals surface area (Å²) in [7, 11) is 3.47. The first-order valence-electron chi connectivity index (χ1n) is 10.2. The lowest BCUT2D eigenvalue weighted by Crippen LogP contribution is -2.28. The van der Waals surface area contributed by atoms with Crippen LogP contribution in [0.5, 0.6) is 5.75 Å². The molecular formula is C23H26N6O2. The number of hydrogen-bond acceptors (Lipinski definition) is 5. The molecule has 4 aromatic rings. The number of methoxy groups -OCH3 is 1. The Bertz CT molecular complexity index is 1240. The SMILES string of the molecule is CCn1nccc1[C@H](C)NC(=O)c1cc(-c2ccc(OC)cc2)nc2c1c(C)nn2C. The molecule has 0 saturated carbocycles. The zero-order valence-electron chi connectivity index (χ0n) is 18.4. The molecule has 1 N–H and O–H groups in total. The molecule has 0 aliphatic carbocycles. The second kappa shape index (κ2) is 8.22. The van der Waals surface area contributed by atoms with Gasteiger partial charge in [0, 0.05) is 25.4 Å². The predicted octanol–water partition coefficient (Wildman–Crippen LogP) is 3.66. The van der Waals surface area contributed by atoms with Crippen molar-refractivity contribution in [2.24, 2.45) is 7.05 Å². The molecule has 160 valence electrons. The Balaban J connectivity index is 1.77. The van der Waals surface area contributed by atoms with Crippen LogP contribution in [0.2, 0.25) is 0 Å². The Kier molecular flexibility index (Phi) is 5.46. The Hall–Kier alpha value is -3.68. The van der Waals surface area contributed by atoms with E-state index in [4.69, 9.17) is 9.72 Å². The van der Waals surface area contributed by atoms with E-state index in [-0.39, 0.29) is 11.9 Å². The molecule has 31 heavy (non-hydrogen) atoms. The summed E-state index contributed by atoms with van der Waals surface area (Å²) in [6.45, 7) is 6.62. The maximum Gasteiger partial charge on any atom is 0.252 e. The van der Waals surface area contributed by atoms with Crippen LogP contribution >= 0.6 is 0 Å². The normalized spacial score (nSPS) is 12.2. The van der Waals surface area contributed by atoms with Crippen LogP contribution in [-0.4, -0.2) is 37.6 Å². The van der Waals surface area contributed by atoms with Gasteiger partial charge < -0.3 is 10.1 Å². The largest absolute Gasteiger partial charge is 0.497 e. The summed E-state index contributed by atoms with van der Waals surface area (Å²) >= 11 is 0. The van der Waals surface area contributed by atoms with E-state index in [0.717, 1.165) is 34.6 Å². The third kappa shape index (κ3) is 3.76. The van der Waals surface area contributed by atoms with Crippen LogP contribution in [0.1, 0.15) is 41.6 Å². The highest BCUT2D eigenvalue weighted by Crippen LogP contribution is 2.28. The lowest BCUT2D eigenvalue weighted by atomic mass is 10.0. The number of aromatic nitrogens is 5. The molecule has 3 heterocycles. The number of ether oxygens (including phenoxy) is 1. The number of carbonyl (C=O) groups is 1. The fourth-order valence-corrected chi connectivity index (χ4v) is 3.86. The number of benzene rings is 1. The monoisotopic (exact) mass is 418 g/mol. The van der Waals surface area contributed by atoms with Gasteiger partial charge in [0.2, 0.25) is 0 Å². The summed E-state index contributed by atoms with van der Waals surface area (Å²) in [6, 6.07) is 11.2. The van der Waals surface area contributed by atoms with E-state index in [1.807, 2.05) is 68.9 Å². The molecule has 0 saturated heterocycles. The minimum absolute atomic E-state index is 0.172. The van der Waals surface area contributed by atoms with Crippen LogP contribution in [0.25, 0.3) is 22.3 Å². The van der Waals surface area contributed by atoms with Crippen molar-refractivity contribution in [3.05, 3.63) is 59.5 Å². The lowest BCUT2D eigenvalue weighted by molar-refractivity contribution is 0.0940. The van der Waals surface area contributed by atoms with Gasteiger partial charge in [-0.3, -0.25) is 14.2 Å². The lowest BCUT2D eigenvalue weighted by Gasteiger charge is -2.16. The van der Waals surface area contributed by atoms with Gasteiger partial charge in [-0.25, -0.2) is 4.98 Å². The highest BCUT2D eigenvalue weighted by molar-refractivity contribution is 6.07. The van der Waals surface area contributed by atoms with Gasteiger partial charge in [0.05, 0.1) is 41.2 Å². The summed E-state index contributed by atoms with van der Waals surface area (Å²) < 4.78 is 8.84. The number of hydrogen-bond donors (Lipinski definition) is 1. The number of nitrogens with one attached hydrogen (secondary N) is 1. The zero-order chi connectivity index (χ0) is 22.1. The van der Waals surface area contributed by atoms with Gasteiger partial charge in [-0.15, -0.1) is 0 Å². The minimum atomic E-state index is -0.195. The second-order valence-corrected chi connectivity index (χ2v) is 7.46. The molecule has 0 aliphatic heterocycles. The van der Waals surface area contributed by atoms with Crippen LogP contribution in [0.4, 0.5) is 0 Å². The number of rotatable bonds is 6. The molecule has 0 radical (unpaired) electrons. The number of pyridine rings is 1. The van der Waals surface area contributed by atoms with Gasteiger partial charge >= 0.3 is 0 Å². The molecule has 3 aromatic heterocycles. The van der Waals surface area contributed by atoms with E-state index in [1.54, 1.807) is 18.0 Å². The first-order chi connectivity index (χ1) is 14.9. The van der Waals surface area contributed by atoms with Crippen LogP contribution in [0.3, 0.4) is 0 Å². The summed E-state index contributed by atoms with van der Waals surface area (Å²) in [5.74, 6) is 0.593. The average Bonchev–Trinajstić information content (AvgIpc) is 3.37.